The molecule has 0 saturated carbocycles. The van der Waals surface area contributed by atoms with Gasteiger partial charge in [0.2, 0.25) is 5.90 Å². The molecule has 10 rings (SSSR count). The molecule has 2 aromatic heterocycles. The molecule has 0 bridgehead atoms. The molecule has 290 valence electrons. The summed E-state index contributed by atoms with van der Waals surface area (Å²) >= 11 is 0. The van der Waals surface area contributed by atoms with Crippen LogP contribution in [0.2, 0.25) is 0 Å². The number of imidazole rings is 1. The minimum absolute atomic E-state index is 0.0317. The summed E-state index contributed by atoms with van der Waals surface area (Å²) in [5, 5.41) is 2.47. The second-order valence-corrected chi connectivity index (χ2v) is 19.6. The molecule has 0 amide bonds. The molecule has 1 N–H and O–H groups in total. The lowest BCUT2D eigenvalue weighted by atomic mass is 9.84. The van der Waals surface area contributed by atoms with Crippen molar-refractivity contribution in [1.82, 2.24) is 14.5 Å². The van der Waals surface area contributed by atoms with Crippen molar-refractivity contribution < 1.29 is 4.74 Å². The molecule has 2 atom stereocenters. The summed E-state index contributed by atoms with van der Waals surface area (Å²) in [7, 11) is 0. The SMILES string of the molecule is CC(C)(C)c1ccc(-n2c(-c3cc(C(C)(C)C)cc4c3[nH]c3ccc(C(C)(C)C)cc34)nc3c(-c4cccc(C5=N[C@H]6c7ccccc7C[C@H]6O5)c4)cccc32)cc1. The Bertz CT molecular complexity index is 2960. The fourth-order valence-corrected chi connectivity index (χ4v) is 9.02. The highest BCUT2D eigenvalue weighted by molar-refractivity contribution is 6.13. The van der Waals surface area contributed by atoms with Crippen LogP contribution < -0.4 is 0 Å². The van der Waals surface area contributed by atoms with Gasteiger partial charge >= 0.3 is 0 Å². The van der Waals surface area contributed by atoms with Gasteiger partial charge in [-0.3, -0.25) is 4.57 Å². The number of nitrogens with zero attached hydrogens (tertiary/aromatic N) is 3. The van der Waals surface area contributed by atoms with Crippen molar-refractivity contribution in [3.63, 3.8) is 0 Å². The zero-order valence-corrected chi connectivity index (χ0v) is 35.2. The molecule has 1 aliphatic carbocycles. The molecular formula is C53H52N4O. The van der Waals surface area contributed by atoms with Gasteiger partial charge in [0.15, 0.2) is 0 Å². The fraction of sp³-hybridized carbons (Fsp3) is 0.283. The predicted molar refractivity (Wildman–Crippen MR) is 242 cm³/mol. The van der Waals surface area contributed by atoms with Gasteiger partial charge in [-0.15, -0.1) is 0 Å². The van der Waals surface area contributed by atoms with E-state index in [0.717, 1.165) is 68.2 Å². The molecule has 0 saturated heterocycles. The first kappa shape index (κ1) is 36.4. The number of aliphatic imine (C=N–C) groups is 1. The van der Waals surface area contributed by atoms with E-state index >= 15 is 0 Å². The third-order valence-electron chi connectivity index (χ3n) is 12.4. The summed E-state index contributed by atoms with van der Waals surface area (Å²) in [4.78, 5) is 14.7. The van der Waals surface area contributed by atoms with E-state index in [1.165, 1.54) is 38.6 Å². The first-order valence-corrected chi connectivity index (χ1v) is 20.8. The van der Waals surface area contributed by atoms with Gasteiger partial charge in [0.05, 0.1) is 16.6 Å². The molecule has 1 aliphatic heterocycles. The number of rotatable bonds is 4. The smallest absolute Gasteiger partial charge is 0.217 e. The van der Waals surface area contributed by atoms with Crippen molar-refractivity contribution in [2.45, 2.75) is 97.1 Å². The van der Waals surface area contributed by atoms with Crippen LogP contribution in [0, 0.1) is 0 Å². The lowest BCUT2D eigenvalue weighted by Crippen LogP contribution is -2.13. The Labute approximate surface area is 341 Å². The highest BCUT2D eigenvalue weighted by Gasteiger charge is 2.39. The van der Waals surface area contributed by atoms with Crippen LogP contribution in [-0.4, -0.2) is 26.5 Å². The van der Waals surface area contributed by atoms with Crippen molar-refractivity contribution in [3.05, 3.63) is 155 Å². The number of fused-ring (bicyclic) bond motifs is 7. The minimum atomic E-state index is -0.0867. The van der Waals surface area contributed by atoms with Crippen molar-refractivity contribution in [3.8, 4) is 28.2 Å². The average molecular weight is 761 g/mol. The second-order valence-electron chi connectivity index (χ2n) is 19.6. The number of benzene rings is 6. The highest BCUT2D eigenvalue weighted by Crippen LogP contribution is 2.44. The topological polar surface area (TPSA) is 55.2 Å². The van der Waals surface area contributed by atoms with E-state index in [4.69, 9.17) is 14.7 Å². The van der Waals surface area contributed by atoms with Crippen LogP contribution in [0.1, 0.15) is 102 Å². The molecule has 5 heteroatoms. The van der Waals surface area contributed by atoms with E-state index in [9.17, 15) is 0 Å². The van der Waals surface area contributed by atoms with E-state index in [1.54, 1.807) is 0 Å². The van der Waals surface area contributed by atoms with Crippen molar-refractivity contribution >= 4 is 38.7 Å². The summed E-state index contributed by atoms with van der Waals surface area (Å²) in [6.45, 7) is 20.6. The highest BCUT2D eigenvalue weighted by atomic mass is 16.5. The van der Waals surface area contributed by atoms with Gasteiger partial charge in [-0.05, 0) is 104 Å². The van der Waals surface area contributed by atoms with E-state index in [-0.39, 0.29) is 28.4 Å². The molecule has 2 aliphatic rings. The normalized spacial score (nSPS) is 16.9. The quantitative estimate of drug-likeness (QED) is 0.194. The maximum atomic E-state index is 6.56. The van der Waals surface area contributed by atoms with Crippen molar-refractivity contribution in [2.75, 3.05) is 0 Å². The Morgan fingerprint density at radius 2 is 1.31 bits per heavy atom. The van der Waals surface area contributed by atoms with Gasteiger partial charge in [0.25, 0.3) is 0 Å². The van der Waals surface area contributed by atoms with Crippen LogP contribution in [0.25, 0.3) is 61.0 Å². The van der Waals surface area contributed by atoms with Gasteiger partial charge in [0.1, 0.15) is 18.0 Å². The molecule has 0 radical (unpaired) electrons. The average Bonchev–Trinajstić information content (AvgIpc) is 3.96. The lowest BCUT2D eigenvalue weighted by molar-refractivity contribution is 0.206. The number of ether oxygens (including phenoxy) is 1. The third kappa shape index (κ3) is 5.97. The van der Waals surface area contributed by atoms with Crippen molar-refractivity contribution in [2.24, 2.45) is 4.99 Å². The maximum absolute atomic E-state index is 6.56. The van der Waals surface area contributed by atoms with Crippen LogP contribution in [0.4, 0.5) is 0 Å². The first-order chi connectivity index (χ1) is 27.6. The molecule has 0 fully saturated rings. The van der Waals surface area contributed by atoms with Crippen LogP contribution >= 0.6 is 0 Å². The molecular weight excluding hydrogens is 709 g/mol. The Morgan fingerprint density at radius 1 is 0.621 bits per heavy atom. The van der Waals surface area contributed by atoms with Crippen LogP contribution in [0.3, 0.4) is 0 Å². The fourth-order valence-electron chi connectivity index (χ4n) is 9.02. The zero-order valence-electron chi connectivity index (χ0n) is 35.2. The van der Waals surface area contributed by atoms with Crippen LogP contribution in [0.15, 0.2) is 126 Å². The predicted octanol–water partition coefficient (Wildman–Crippen LogP) is 13.3. The van der Waals surface area contributed by atoms with Gasteiger partial charge < -0.3 is 9.72 Å². The number of hydrogen-bond donors (Lipinski definition) is 1. The molecule has 5 nitrogen and oxygen atoms in total. The second kappa shape index (κ2) is 12.8. The summed E-state index contributed by atoms with van der Waals surface area (Å²) < 4.78 is 8.93. The minimum Gasteiger partial charge on any atom is -0.471 e. The zero-order chi connectivity index (χ0) is 40.3. The molecule has 0 unspecified atom stereocenters. The molecule has 3 heterocycles. The number of para-hydroxylation sites is 1. The van der Waals surface area contributed by atoms with Crippen LogP contribution in [-0.2, 0) is 27.4 Å². The summed E-state index contributed by atoms with van der Waals surface area (Å²) in [5.41, 5.74) is 16.1. The molecule has 0 spiro atoms. The van der Waals surface area contributed by atoms with Gasteiger partial charge in [-0.2, -0.15) is 0 Å². The van der Waals surface area contributed by atoms with Crippen molar-refractivity contribution in [1.29, 1.82) is 0 Å². The summed E-state index contributed by atoms with van der Waals surface area (Å²) in [5.74, 6) is 1.63. The third-order valence-corrected chi connectivity index (χ3v) is 12.4. The molecule has 6 aromatic carbocycles. The first-order valence-electron chi connectivity index (χ1n) is 20.8. The monoisotopic (exact) mass is 760 g/mol. The Kier molecular flexibility index (Phi) is 8.02. The number of aromatic amines is 1. The Balaban J connectivity index is 1.19. The number of aromatic nitrogens is 3. The maximum Gasteiger partial charge on any atom is 0.217 e. The standard InChI is InChI=1S/C53H52N4O/c1-51(2,3)34-20-23-37(24-21-34)57-44-19-13-18-38(31-15-12-16-33(26-31)50-56-48-39-17-11-10-14-32(39)27-45(48)58-50)47(44)55-49(57)42-30-36(53(7,8)9)29-41-40-28-35(52(4,5)6)22-25-43(40)54-46(41)42/h10-26,28-30,45,48,54H,27H2,1-9H3/t45-,48+/m1/s1. The van der Waals surface area contributed by atoms with E-state index in [1.807, 2.05) is 0 Å². The Morgan fingerprint density at radius 3 is 2.07 bits per heavy atom. The van der Waals surface area contributed by atoms with Gasteiger partial charge in [-0.1, -0.05) is 129 Å². The van der Waals surface area contributed by atoms with Gasteiger partial charge in [0, 0.05) is 45.1 Å². The molecule has 8 aromatic rings. The largest absolute Gasteiger partial charge is 0.471 e. The van der Waals surface area contributed by atoms with Gasteiger partial charge in [-0.25, -0.2) is 9.98 Å². The molecule has 58 heavy (non-hydrogen) atoms. The lowest BCUT2D eigenvalue weighted by Gasteiger charge is -2.22. The number of nitrogens with one attached hydrogen (secondary N) is 1. The van der Waals surface area contributed by atoms with E-state index in [0.29, 0.717) is 0 Å². The number of H-pyrrole nitrogens is 1. The number of hydrogen-bond acceptors (Lipinski definition) is 3. The van der Waals surface area contributed by atoms with E-state index < -0.39 is 0 Å². The summed E-state index contributed by atoms with van der Waals surface area (Å²) in [6, 6.07) is 44.6. The Hall–Kier alpha value is -5.94. The summed E-state index contributed by atoms with van der Waals surface area (Å²) in [6.07, 6.45) is 0.939. The van der Waals surface area contributed by atoms with Crippen LogP contribution in [0.5, 0.6) is 0 Å². The van der Waals surface area contributed by atoms with E-state index in [2.05, 4.69) is 193 Å².